The number of hydrogen-bond acceptors (Lipinski definition) is 4. The third kappa shape index (κ3) is 6.44. The number of rotatable bonds is 8. The highest BCUT2D eigenvalue weighted by molar-refractivity contribution is 5.94. The molecule has 0 heterocycles. The van der Waals surface area contributed by atoms with Crippen molar-refractivity contribution in [2.45, 2.75) is 20.0 Å². The summed E-state index contributed by atoms with van der Waals surface area (Å²) in [5.41, 5.74) is 3.68. The van der Waals surface area contributed by atoms with E-state index in [0.717, 1.165) is 16.8 Å². The first-order chi connectivity index (χ1) is 15.0. The van der Waals surface area contributed by atoms with E-state index in [1.807, 2.05) is 42.5 Å². The normalized spacial score (nSPS) is 10.1. The van der Waals surface area contributed by atoms with E-state index in [2.05, 4.69) is 16.7 Å². The Hall–Kier alpha value is -4.11. The molecule has 3 rings (SSSR count). The smallest absolute Gasteiger partial charge is 0.251 e. The maximum absolute atomic E-state index is 12.5. The van der Waals surface area contributed by atoms with Crippen LogP contribution in [0.3, 0.4) is 0 Å². The second kappa shape index (κ2) is 10.6. The van der Waals surface area contributed by atoms with Crippen molar-refractivity contribution in [1.29, 1.82) is 5.26 Å². The second-order valence-corrected chi connectivity index (χ2v) is 6.97. The van der Waals surface area contributed by atoms with Crippen molar-refractivity contribution in [2.75, 3.05) is 11.9 Å². The van der Waals surface area contributed by atoms with E-state index in [1.54, 1.807) is 30.3 Å². The van der Waals surface area contributed by atoms with Crippen molar-refractivity contribution in [3.8, 4) is 11.8 Å². The van der Waals surface area contributed by atoms with Crippen LogP contribution in [-0.4, -0.2) is 18.4 Å². The molecular weight excluding hydrogens is 390 g/mol. The Morgan fingerprint density at radius 2 is 1.77 bits per heavy atom. The SMILES string of the molecule is CC(=O)Nc1ccc(CCNC(=O)c2cccc(OCc3ccccc3C#N)c2)cc1. The Bertz CT molecular complexity index is 1100. The van der Waals surface area contributed by atoms with Crippen LogP contribution < -0.4 is 15.4 Å². The molecule has 2 amide bonds. The molecule has 0 spiro atoms. The maximum atomic E-state index is 12.5. The van der Waals surface area contributed by atoms with Crippen LogP contribution in [0.5, 0.6) is 5.75 Å². The highest BCUT2D eigenvalue weighted by Crippen LogP contribution is 2.17. The van der Waals surface area contributed by atoms with Gasteiger partial charge in [0.05, 0.1) is 11.6 Å². The molecule has 0 bridgehead atoms. The Morgan fingerprint density at radius 3 is 2.52 bits per heavy atom. The van der Waals surface area contributed by atoms with E-state index in [4.69, 9.17) is 4.74 Å². The summed E-state index contributed by atoms with van der Waals surface area (Å²) in [6, 6.07) is 23.9. The molecule has 0 fully saturated rings. The molecule has 0 saturated carbocycles. The monoisotopic (exact) mass is 413 g/mol. The van der Waals surface area contributed by atoms with Gasteiger partial charge in [0.15, 0.2) is 0 Å². The Morgan fingerprint density at radius 1 is 1.00 bits per heavy atom. The molecule has 6 heteroatoms. The largest absolute Gasteiger partial charge is 0.489 e. The summed E-state index contributed by atoms with van der Waals surface area (Å²) in [5, 5.41) is 14.8. The van der Waals surface area contributed by atoms with Crippen LogP contribution in [0.4, 0.5) is 5.69 Å². The predicted molar refractivity (Wildman–Crippen MR) is 119 cm³/mol. The van der Waals surface area contributed by atoms with E-state index in [9.17, 15) is 14.9 Å². The molecule has 0 saturated heterocycles. The fourth-order valence-corrected chi connectivity index (χ4v) is 3.02. The summed E-state index contributed by atoms with van der Waals surface area (Å²) >= 11 is 0. The van der Waals surface area contributed by atoms with Gasteiger partial charge in [-0.25, -0.2) is 0 Å². The summed E-state index contributed by atoms with van der Waals surface area (Å²) in [4.78, 5) is 23.5. The summed E-state index contributed by atoms with van der Waals surface area (Å²) < 4.78 is 5.78. The Kier molecular flexibility index (Phi) is 7.39. The van der Waals surface area contributed by atoms with Gasteiger partial charge in [-0.05, 0) is 48.4 Å². The summed E-state index contributed by atoms with van der Waals surface area (Å²) in [6.45, 7) is 2.21. The van der Waals surface area contributed by atoms with Gasteiger partial charge < -0.3 is 15.4 Å². The maximum Gasteiger partial charge on any atom is 0.251 e. The van der Waals surface area contributed by atoms with Crippen molar-refractivity contribution in [3.05, 3.63) is 95.1 Å². The molecule has 0 unspecified atom stereocenters. The zero-order chi connectivity index (χ0) is 22.1. The van der Waals surface area contributed by atoms with Crippen molar-refractivity contribution in [3.63, 3.8) is 0 Å². The molecule has 2 N–H and O–H groups in total. The fourth-order valence-electron chi connectivity index (χ4n) is 3.02. The summed E-state index contributed by atoms with van der Waals surface area (Å²) in [7, 11) is 0. The highest BCUT2D eigenvalue weighted by Gasteiger charge is 2.08. The van der Waals surface area contributed by atoms with Gasteiger partial charge in [-0.15, -0.1) is 0 Å². The quantitative estimate of drug-likeness (QED) is 0.582. The van der Waals surface area contributed by atoms with Gasteiger partial charge in [0.25, 0.3) is 5.91 Å². The van der Waals surface area contributed by atoms with Crippen molar-refractivity contribution < 1.29 is 14.3 Å². The van der Waals surface area contributed by atoms with Gasteiger partial charge in [0.1, 0.15) is 12.4 Å². The third-order valence-electron chi connectivity index (χ3n) is 4.60. The molecule has 0 atom stereocenters. The summed E-state index contributed by atoms with van der Waals surface area (Å²) in [6.07, 6.45) is 0.674. The lowest BCUT2D eigenvalue weighted by Crippen LogP contribution is -2.25. The van der Waals surface area contributed by atoms with Gasteiger partial charge >= 0.3 is 0 Å². The van der Waals surface area contributed by atoms with Crippen LogP contribution in [0.25, 0.3) is 0 Å². The van der Waals surface area contributed by atoms with Crippen molar-refractivity contribution in [2.24, 2.45) is 0 Å². The van der Waals surface area contributed by atoms with Gasteiger partial charge in [-0.1, -0.05) is 36.4 Å². The minimum Gasteiger partial charge on any atom is -0.489 e. The van der Waals surface area contributed by atoms with Crippen molar-refractivity contribution >= 4 is 17.5 Å². The molecule has 156 valence electrons. The van der Waals surface area contributed by atoms with E-state index >= 15 is 0 Å². The average molecular weight is 413 g/mol. The minimum absolute atomic E-state index is 0.111. The van der Waals surface area contributed by atoms with Crippen LogP contribution >= 0.6 is 0 Å². The number of carbonyl (C=O) groups is 2. The van der Waals surface area contributed by atoms with Crippen LogP contribution in [0.2, 0.25) is 0 Å². The van der Waals surface area contributed by atoms with Gasteiger partial charge in [-0.3, -0.25) is 9.59 Å². The minimum atomic E-state index is -0.183. The van der Waals surface area contributed by atoms with Gasteiger partial charge in [-0.2, -0.15) is 5.26 Å². The highest BCUT2D eigenvalue weighted by atomic mass is 16.5. The topological polar surface area (TPSA) is 91.2 Å². The summed E-state index contributed by atoms with van der Waals surface area (Å²) in [5.74, 6) is 0.271. The molecule has 3 aromatic carbocycles. The lowest BCUT2D eigenvalue weighted by atomic mass is 10.1. The predicted octanol–water partition coefficient (Wildman–Crippen LogP) is 4.07. The Balaban J connectivity index is 1.51. The number of hydrogen-bond donors (Lipinski definition) is 2. The molecule has 0 aliphatic heterocycles. The Labute approximate surface area is 181 Å². The van der Waals surface area contributed by atoms with Gasteiger partial charge in [0, 0.05) is 30.3 Å². The first kappa shape index (κ1) is 21.6. The van der Waals surface area contributed by atoms with Crippen LogP contribution in [0, 0.1) is 11.3 Å². The zero-order valence-electron chi connectivity index (χ0n) is 17.2. The number of amides is 2. The average Bonchev–Trinajstić information content (AvgIpc) is 2.79. The zero-order valence-corrected chi connectivity index (χ0v) is 17.2. The van der Waals surface area contributed by atoms with E-state index in [-0.39, 0.29) is 18.4 Å². The van der Waals surface area contributed by atoms with Crippen LogP contribution in [0.1, 0.15) is 34.0 Å². The number of anilines is 1. The van der Waals surface area contributed by atoms with Crippen LogP contribution in [-0.2, 0) is 17.8 Å². The fraction of sp³-hybridized carbons (Fsp3) is 0.160. The lowest BCUT2D eigenvalue weighted by molar-refractivity contribution is -0.114. The molecular formula is C25H23N3O3. The number of benzene rings is 3. The molecule has 0 radical (unpaired) electrons. The molecule has 31 heavy (non-hydrogen) atoms. The molecule has 6 nitrogen and oxygen atoms in total. The standard InChI is InChI=1S/C25H23N3O3/c1-18(29)28-23-11-9-19(10-12-23)13-14-27-25(30)20-7-4-8-24(15-20)31-17-22-6-3-2-5-21(22)16-26/h2-12,15H,13-14,17H2,1H3,(H,27,30)(H,28,29). The first-order valence-corrected chi connectivity index (χ1v) is 9.91. The molecule has 0 aromatic heterocycles. The number of nitrogens with zero attached hydrogens (tertiary/aromatic N) is 1. The second-order valence-electron chi connectivity index (χ2n) is 6.97. The van der Waals surface area contributed by atoms with E-state index < -0.39 is 0 Å². The molecule has 0 aliphatic carbocycles. The molecule has 0 aliphatic rings. The number of nitriles is 1. The van der Waals surface area contributed by atoms with E-state index in [1.165, 1.54) is 6.92 Å². The first-order valence-electron chi connectivity index (χ1n) is 9.91. The van der Waals surface area contributed by atoms with E-state index in [0.29, 0.717) is 29.8 Å². The van der Waals surface area contributed by atoms with Crippen LogP contribution in [0.15, 0.2) is 72.8 Å². The van der Waals surface area contributed by atoms with Crippen molar-refractivity contribution in [1.82, 2.24) is 5.32 Å². The molecule has 3 aromatic rings. The number of carbonyl (C=O) groups excluding carboxylic acids is 2. The third-order valence-corrected chi connectivity index (χ3v) is 4.60. The lowest BCUT2D eigenvalue weighted by Gasteiger charge is -2.10. The number of nitrogens with one attached hydrogen (secondary N) is 2. The number of ether oxygens (including phenoxy) is 1. The van der Waals surface area contributed by atoms with Gasteiger partial charge in [0.2, 0.25) is 5.91 Å².